The summed E-state index contributed by atoms with van der Waals surface area (Å²) in [5, 5.41) is 0. The highest BCUT2D eigenvalue weighted by Crippen LogP contribution is 2.39. The van der Waals surface area contributed by atoms with Gasteiger partial charge in [-0.25, -0.2) is 0 Å². The van der Waals surface area contributed by atoms with Crippen LogP contribution in [-0.4, -0.2) is 13.2 Å². The number of hydrogen-bond donors (Lipinski definition) is 0. The third kappa shape index (κ3) is 4.89. The zero-order valence-corrected chi connectivity index (χ0v) is 17.1. The molecule has 1 aromatic rings. The SMILES string of the molecule is CCCCC1COC(C)(c2ccc(C3CCC(CCC)CC3)cc2)OC1. The van der Waals surface area contributed by atoms with E-state index >= 15 is 0 Å². The van der Waals surface area contributed by atoms with Gasteiger partial charge in [-0.15, -0.1) is 0 Å². The fraction of sp³-hybridized carbons (Fsp3) is 0.750. The molecule has 0 bridgehead atoms. The summed E-state index contributed by atoms with van der Waals surface area (Å²) in [6.07, 6.45) is 12.0. The Labute approximate surface area is 160 Å². The average Bonchev–Trinajstić information content (AvgIpc) is 2.69. The molecule has 1 aliphatic carbocycles. The first-order valence-corrected chi connectivity index (χ1v) is 11.0. The van der Waals surface area contributed by atoms with E-state index in [1.807, 2.05) is 0 Å². The van der Waals surface area contributed by atoms with Crippen LogP contribution in [0.4, 0.5) is 0 Å². The molecule has 1 saturated carbocycles. The Morgan fingerprint density at radius 3 is 2.08 bits per heavy atom. The minimum absolute atomic E-state index is 0.556. The van der Waals surface area contributed by atoms with E-state index in [9.17, 15) is 0 Å². The molecule has 3 rings (SSSR count). The van der Waals surface area contributed by atoms with E-state index in [0.29, 0.717) is 5.92 Å². The van der Waals surface area contributed by atoms with Crippen LogP contribution in [-0.2, 0) is 15.3 Å². The van der Waals surface area contributed by atoms with Gasteiger partial charge in [-0.1, -0.05) is 63.8 Å². The lowest BCUT2D eigenvalue weighted by molar-refractivity contribution is -0.282. The molecule has 0 amide bonds. The predicted molar refractivity (Wildman–Crippen MR) is 108 cm³/mol. The summed E-state index contributed by atoms with van der Waals surface area (Å²) < 4.78 is 12.3. The van der Waals surface area contributed by atoms with Gasteiger partial charge in [-0.2, -0.15) is 0 Å². The molecule has 0 N–H and O–H groups in total. The van der Waals surface area contributed by atoms with Crippen molar-refractivity contribution < 1.29 is 9.47 Å². The van der Waals surface area contributed by atoms with Gasteiger partial charge in [0, 0.05) is 11.5 Å². The van der Waals surface area contributed by atoms with Gasteiger partial charge in [0.05, 0.1) is 13.2 Å². The van der Waals surface area contributed by atoms with E-state index in [0.717, 1.165) is 30.6 Å². The highest BCUT2D eigenvalue weighted by atomic mass is 16.7. The van der Waals surface area contributed by atoms with Gasteiger partial charge in [0.25, 0.3) is 0 Å². The van der Waals surface area contributed by atoms with Crippen LogP contribution in [0.15, 0.2) is 24.3 Å². The predicted octanol–water partition coefficient (Wildman–Crippen LogP) is 6.79. The molecule has 0 spiro atoms. The monoisotopic (exact) mass is 358 g/mol. The lowest BCUT2D eigenvalue weighted by Crippen LogP contribution is -2.39. The first kappa shape index (κ1) is 19.9. The van der Waals surface area contributed by atoms with Gasteiger partial charge < -0.3 is 9.47 Å². The van der Waals surface area contributed by atoms with E-state index in [1.165, 1.54) is 63.4 Å². The average molecular weight is 359 g/mol. The van der Waals surface area contributed by atoms with Crippen molar-refractivity contribution in [3.8, 4) is 0 Å². The Hall–Kier alpha value is -0.860. The van der Waals surface area contributed by atoms with Crippen LogP contribution < -0.4 is 0 Å². The van der Waals surface area contributed by atoms with Crippen LogP contribution in [0.5, 0.6) is 0 Å². The van der Waals surface area contributed by atoms with E-state index < -0.39 is 5.79 Å². The van der Waals surface area contributed by atoms with Crippen molar-refractivity contribution in [1.29, 1.82) is 0 Å². The van der Waals surface area contributed by atoms with Crippen molar-refractivity contribution in [1.82, 2.24) is 0 Å². The van der Waals surface area contributed by atoms with Crippen LogP contribution in [0.2, 0.25) is 0 Å². The Morgan fingerprint density at radius 1 is 0.846 bits per heavy atom. The van der Waals surface area contributed by atoms with Crippen molar-refractivity contribution in [3.63, 3.8) is 0 Å². The molecule has 2 nitrogen and oxygen atoms in total. The van der Waals surface area contributed by atoms with Crippen LogP contribution in [0.3, 0.4) is 0 Å². The second-order valence-corrected chi connectivity index (χ2v) is 8.70. The van der Waals surface area contributed by atoms with Crippen LogP contribution in [0, 0.1) is 11.8 Å². The van der Waals surface area contributed by atoms with E-state index in [-0.39, 0.29) is 0 Å². The van der Waals surface area contributed by atoms with Crippen LogP contribution in [0.25, 0.3) is 0 Å². The molecular weight excluding hydrogens is 320 g/mol. The standard InChI is InChI=1S/C24H38O2/c1-4-6-8-20-17-25-24(3,26-18-20)23-15-13-22(14-16-23)21-11-9-19(7-5-2)10-12-21/h13-16,19-21H,4-12,17-18H2,1-3H3. The molecule has 1 aliphatic heterocycles. The first-order chi connectivity index (χ1) is 12.6. The van der Waals surface area contributed by atoms with Crippen molar-refractivity contribution in [2.24, 2.45) is 11.8 Å². The highest BCUT2D eigenvalue weighted by Gasteiger charge is 2.34. The molecule has 2 aliphatic rings. The number of ether oxygens (including phenoxy) is 2. The molecule has 26 heavy (non-hydrogen) atoms. The topological polar surface area (TPSA) is 18.5 Å². The maximum atomic E-state index is 6.17. The third-order valence-electron chi connectivity index (χ3n) is 6.61. The Kier molecular flexibility index (Phi) is 7.17. The molecule has 0 unspecified atom stereocenters. The fourth-order valence-electron chi connectivity index (χ4n) is 4.72. The summed E-state index contributed by atoms with van der Waals surface area (Å²) in [6.45, 7) is 8.27. The summed E-state index contributed by atoms with van der Waals surface area (Å²) in [5.41, 5.74) is 2.67. The maximum absolute atomic E-state index is 6.17. The van der Waals surface area contributed by atoms with E-state index in [4.69, 9.17) is 9.47 Å². The second-order valence-electron chi connectivity index (χ2n) is 8.70. The van der Waals surface area contributed by atoms with Crippen molar-refractivity contribution in [2.75, 3.05) is 13.2 Å². The fourth-order valence-corrected chi connectivity index (χ4v) is 4.72. The Bertz CT molecular complexity index is 520. The Morgan fingerprint density at radius 2 is 1.50 bits per heavy atom. The minimum Gasteiger partial charge on any atom is -0.346 e. The second kappa shape index (κ2) is 9.37. The number of rotatable bonds is 7. The van der Waals surface area contributed by atoms with Crippen molar-refractivity contribution >= 4 is 0 Å². The smallest absolute Gasteiger partial charge is 0.191 e. The highest BCUT2D eigenvalue weighted by molar-refractivity contribution is 5.28. The summed E-state index contributed by atoms with van der Waals surface area (Å²) in [7, 11) is 0. The molecule has 146 valence electrons. The first-order valence-electron chi connectivity index (χ1n) is 11.0. The van der Waals surface area contributed by atoms with Gasteiger partial charge in [0.2, 0.25) is 0 Å². The van der Waals surface area contributed by atoms with Crippen LogP contribution in [0.1, 0.15) is 95.6 Å². The largest absolute Gasteiger partial charge is 0.346 e. The molecule has 0 atom stereocenters. The molecular formula is C24H38O2. The Balaban J connectivity index is 1.54. The lowest BCUT2D eigenvalue weighted by Gasteiger charge is -2.38. The number of benzene rings is 1. The number of unbranched alkanes of at least 4 members (excludes halogenated alkanes) is 1. The molecule has 1 heterocycles. The van der Waals surface area contributed by atoms with Gasteiger partial charge in [-0.05, 0) is 56.4 Å². The molecule has 1 aromatic carbocycles. The van der Waals surface area contributed by atoms with Crippen molar-refractivity contribution in [3.05, 3.63) is 35.4 Å². The zero-order chi connectivity index (χ0) is 18.4. The van der Waals surface area contributed by atoms with E-state index in [1.54, 1.807) is 0 Å². The zero-order valence-electron chi connectivity index (χ0n) is 17.1. The minimum atomic E-state index is -0.569. The van der Waals surface area contributed by atoms with E-state index in [2.05, 4.69) is 45.0 Å². The molecule has 0 radical (unpaired) electrons. The van der Waals surface area contributed by atoms with Crippen molar-refractivity contribution in [2.45, 2.75) is 90.3 Å². The lowest BCUT2D eigenvalue weighted by atomic mass is 9.77. The summed E-state index contributed by atoms with van der Waals surface area (Å²) >= 11 is 0. The summed E-state index contributed by atoms with van der Waals surface area (Å²) in [6, 6.07) is 9.11. The molecule has 2 fully saturated rings. The molecule has 0 aromatic heterocycles. The maximum Gasteiger partial charge on any atom is 0.191 e. The molecule has 1 saturated heterocycles. The van der Waals surface area contributed by atoms with Crippen LogP contribution >= 0.6 is 0 Å². The summed E-state index contributed by atoms with van der Waals surface area (Å²) in [4.78, 5) is 0. The normalized spacial score (nSPS) is 32.5. The van der Waals surface area contributed by atoms with Gasteiger partial charge in [0.15, 0.2) is 5.79 Å². The van der Waals surface area contributed by atoms with Gasteiger partial charge in [-0.3, -0.25) is 0 Å². The number of hydrogen-bond acceptors (Lipinski definition) is 2. The van der Waals surface area contributed by atoms with Gasteiger partial charge in [0.1, 0.15) is 0 Å². The third-order valence-corrected chi connectivity index (χ3v) is 6.61. The van der Waals surface area contributed by atoms with Gasteiger partial charge >= 0.3 is 0 Å². The molecule has 2 heteroatoms. The quantitative estimate of drug-likeness (QED) is 0.534. The summed E-state index contributed by atoms with van der Waals surface area (Å²) in [5.74, 6) is 1.70.